The summed E-state index contributed by atoms with van der Waals surface area (Å²) in [5.41, 5.74) is 3.80. The first-order chi connectivity index (χ1) is 9.76. The van der Waals surface area contributed by atoms with Gasteiger partial charge in [0.2, 0.25) is 0 Å². The Bertz CT molecular complexity index is 629. The van der Waals surface area contributed by atoms with Gasteiger partial charge in [0.15, 0.2) is 0 Å². The van der Waals surface area contributed by atoms with E-state index in [1.165, 1.54) is 0 Å². The van der Waals surface area contributed by atoms with Crippen molar-refractivity contribution in [3.8, 4) is 11.8 Å². The summed E-state index contributed by atoms with van der Waals surface area (Å²) in [5, 5.41) is 12.2. The van der Waals surface area contributed by atoms with Crippen LogP contribution in [0.15, 0.2) is 42.5 Å². The van der Waals surface area contributed by atoms with Crippen molar-refractivity contribution >= 4 is 0 Å². The van der Waals surface area contributed by atoms with Crippen LogP contribution in [0.4, 0.5) is 0 Å². The highest BCUT2D eigenvalue weighted by molar-refractivity contribution is 5.42. The zero-order valence-electron chi connectivity index (χ0n) is 11.8. The molecule has 3 nitrogen and oxygen atoms in total. The first-order valence-corrected chi connectivity index (χ1v) is 6.60. The third-order valence-corrected chi connectivity index (χ3v) is 3.17. The summed E-state index contributed by atoms with van der Waals surface area (Å²) in [6, 6.07) is 15.8. The van der Waals surface area contributed by atoms with Crippen LogP contribution in [-0.2, 0) is 13.2 Å². The van der Waals surface area contributed by atoms with E-state index in [-0.39, 0.29) is 0 Å². The average Bonchev–Trinajstić information content (AvgIpc) is 2.47. The van der Waals surface area contributed by atoms with E-state index >= 15 is 0 Å². The maximum absolute atomic E-state index is 9.09. The van der Waals surface area contributed by atoms with Crippen LogP contribution in [-0.4, -0.2) is 7.05 Å². The maximum atomic E-state index is 9.09. The molecule has 0 unspecified atom stereocenters. The molecule has 2 aromatic rings. The molecule has 0 aliphatic carbocycles. The molecule has 3 heteroatoms. The fourth-order valence-corrected chi connectivity index (χ4v) is 2.15. The van der Waals surface area contributed by atoms with E-state index < -0.39 is 0 Å². The number of hydrogen-bond acceptors (Lipinski definition) is 3. The Hall–Kier alpha value is -2.31. The monoisotopic (exact) mass is 266 g/mol. The van der Waals surface area contributed by atoms with E-state index in [4.69, 9.17) is 10.00 Å². The third-order valence-electron chi connectivity index (χ3n) is 3.17. The molecule has 0 spiro atoms. The molecule has 2 rings (SSSR count). The number of ether oxygens (including phenoxy) is 1. The lowest BCUT2D eigenvalue weighted by molar-refractivity contribution is 0.300. The summed E-state index contributed by atoms with van der Waals surface area (Å²) < 4.78 is 5.96. The summed E-state index contributed by atoms with van der Waals surface area (Å²) >= 11 is 0. The minimum atomic E-state index is 0.408. The maximum Gasteiger partial charge on any atom is 0.127 e. The largest absolute Gasteiger partial charge is 0.488 e. The highest BCUT2D eigenvalue weighted by Gasteiger charge is 2.08. The zero-order valence-corrected chi connectivity index (χ0v) is 11.8. The van der Waals surface area contributed by atoms with Crippen LogP contribution in [0.25, 0.3) is 0 Å². The van der Waals surface area contributed by atoms with Gasteiger partial charge in [-0.2, -0.15) is 5.26 Å². The molecular formula is C17H18N2O. The molecule has 0 bridgehead atoms. The van der Waals surface area contributed by atoms with E-state index in [1.807, 2.05) is 50.4 Å². The Kier molecular flexibility index (Phi) is 4.75. The standard InChI is InChI=1S/C17H18N2O/c1-13-6-5-9-15(11-19-2)17(13)20-12-16-8-4-3-7-14(16)10-18/h3-9,19H,11-12H2,1-2H3. The highest BCUT2D eigenvalue weighted by atomic mass is 16.5. The topological polar surface area (TPSA) is 45.0 Å². The van der Waals surface area contributed by atoms with Crippen LogP contribution in [0.5, 0.6) is 5.75 Å². The summed E-state index contributed by atoms with van der Waals surface area (Å²) in [4.78, 5) is 0. The number of nitriles is 1. The molecular weight excluding hydrogens is 248 g/mol. The molecule has 0 radical (unpaired) electrons. The van der Waals surface area contributed by atoms with Gasteiger partial charge in [-0.3, -0.25) is 0 Å². The third kappa shape index (κ3) is 3.17. The average molecular weight is 266 g/mol. The number of aryl methyl sites for hydroxylation is 1. The van der Waals surface area contributed by atoms with Gasteiger partial charge in [0.25, 0.3) is 0 Å². The van der Waals surface area contributed by atoms with Crippen LogP contribution in [0.3, 0.4) is 0 Å². The number of benzene rings is 2. The van der Waals surface area contributed by atoms with Crippen molar-refractivity contribution in [2.24, 2.45) is 0 Å². The van der Waals surface area contributed by atoms with Gasteiger partial charge in [-0.25, -0.2) is 0 Å². The molecule has 0 aliphatic rings. The zero-order chi connectivity index (χ0) is 14.4. The van der Waals surface area contributed by atoms with Crippen LogP contribution >= 0.6 is 0 Å². The van der Waals surface area contributed by atoms with Crippen molar-refractivity contribution in [1.29, 1.82) is 5.26 Å². The molecule has 0 atom stereocenters. The number of nitrogens with one attached hydrogen (secondary N) is 1. The first kappa shape index (κ1) is 14.1. The molecule has 0 saturated carbocycles. The molecule has 0 aliphatic heterocycles. The number of hydrogen-bond donors (Lipinski definition) is 1. The second kappa shape index (κ2) is 6.74. The first-order valence-electron chi connectivity index (χ1n) is 6.60. The second-order valence-corrected chi connectivity index (χ2v) is 4.65. The molecule has 0 fully saturated rings. The Labute approximate surface area is 119 Å². The van der Waals surface area contributed by atoms with Gasteiger partial charge in [-0.15, -0.1) is 0 Å². The minimum absolute atomic E-state index is 0.408. The number of rotatable bonds is 5. The molecule has 20 heavy (non-hydrogen) atoms. The van der Waals surface area contributed by atoms with Gasteiger partial charge in [0.1, 0.15) is 12.4 Å². The Morgan fingerprint density at radius 3 is 2.60 bits per heavy atom. The lowest BCUT2D eigenvalue weighted by Gasteiger charge is -2.14. The summed E-state index contributed by atoms with van der Waals surface area (Å²) in [6.07, 6.45) is 0. The van der Waals surface area contributed by atoms with Crippen molar-refractivity contribution in [3.63, 3.8) is 0 Å². The van der Waals surface area contributed by atoms with Crippen LogP contribution in [0.1, 0.15) is 22.3 Å². The van der Waals surface area contributed by atoms with Crippen molar-refractivity contribution in [3.05, 3.63) is 64.7 Å². The van der Waals surface area contributed by atoms with Crippen LogP contribution in [0, 0.1) is 18.3 Å². The van der Waals surface area contributed by atoms with Crippen LogP contribution in [0.2, 0.25) is 0 Å². The Balaban J connectivity index is 2.21. The van der Waals surface area contributed by atoms with E-state index in [9.17, 15) is 0 Å². The van der Waals surface area contributed by atoms with Crippen molar-refractivity contribution in [2.75, 3.05) is 7.05 Å². The molecule has 0 heterocycles. The smallest absolute Gasteiger partial charge is 0.127 e. The van der Waals surface area contributed by atoms with Gasteiger partial charge in [0.05, 0.1) is 11.6 Å². The number of nitrogens with zero attached hydrogens (tertiary/aromatic N) is 1. The minimum Gasteiger partial charge on any atom is -0.488 e. The Morgan fingerprint density at radius 1 is 1.10 bits per heavy atom. The molecule has 0 amide bonds. The van der Waals surface area contributed by atoms with E-state index in [0.717, 1.165) is 29.0 Å². The number of para-hydroxylation sites is 1. The molecule has 0 aromatic heterocycles. The summed E-state index contributed by atoms with van der Waals surface area (Å²) in [6.45, 7) is 3.20. The van der Waals surface area contributed by atoms with E-state index in [2.05, 4.69) is 17.5 Å². The summed E-state index contributed by atoms with van der Waals surface area (Å²) in [5.74, 6) is 0.898. The van der Waals surface area contributed by atoms with Gasteiger partial charge in [0, 0.05) is 17.7 Å². The van der Waals surface area contributed by atoms with Gasteiger partial charge in [-0.1, -0.05) is 36.4 Å². The molecule has 102 valence electrons. The predicted molar refractivity (Wildman–Crippen MR) is 79.4 cm³/mol. The van der Waals surface area contributed by atoms with Crippen LogP contribution < -0.4 is 10.1 Å². The van der Waals surface area contributed by atoms with E-state index in [1.54, 1.807) is 0 Å². The van der Waals surface area contributed by atoms with Crippen molar-refractivity contribution < 1.29 is 4.74 Å². The lowest BCUT2D eigenvalue weighted by atomic mass is 10.1. The van der Waals surface area contributed by atoms with Gasteiger partial charge in [-0.05, 0) is 25.6 Å². The molecule has 2 aromatic carbocycles. The van der Waals surface area contributed by atoms with Gasteiger partial charge < -0.3 is 10.1 Å². The Morgan fingerprint density at radius 2 is 1.85 bits per heavy atom. The fourth-order valence-electron chi connectivity index (χ4n) is 2.15. The molecule has 1 N–H and O–H groups in total. The highest BCUT2D eigenvalue weighted by Crippen LogP contribution is 2.24. The predicted octanol–water partition coefficient (Wildman–Crippen LogP) is 3.17. The summed E-state index contributed by atoms with van der Waals surface area (Å²) in [7, 11) is 1.91. The lowest BCUT2D eigenvalue weighted by Crippen LogP contribution is -2.08. The quantitative estimate of drug-likeness (QED) is 0.904. The van der Waals surface area contributed by atoms with Gasteiger partial charge >= 0.3 is 0 Å². The normalized spacial score (nSPS) is 10.1. The van der Waals surface area contributed by atoms with Crippen molar-refractivity contribution in [1.82, 2.24) is 5.32 Å². The van der Waals surface area contributed by atoms with Crippen molar-refractivity contribution in [2.45, 2.75) is 20.1 Å². The second-order valence-electron chi connectivity index (χ2n) is 4.65. The van der Waals surface area contributed by atoms with E-state index in [0.29, 0.717) is 12.2 Å². The fraction of sp³-hybridized carbons (Fsp3) is 0.235. The SMILES string of the molecule is CNCc1cccc(C)c1OCc1ccccc1C#N. The molecule has 0 saturated heterocycles.